The van der Waals surface area contributed by atoms with Gasteiger partial charge in [-0.3, -0.25) is 0 Å². The SMILES string of the molecule is NC(=S)c1cc2c(nc1NCCC1CCC1)CCCC2. The fourth-order valence-electron chi connectivity index (χ4n) is 3.13. The zero-order valence-corrected chi connectivity index (χ0v) is 12.8. The first-order chi connectivity index (χ1) is 9.74. The molecule has 0 aromatic carbocycles. The molecule has 0 atom stereocenters. The molecule has 3 N–H and O–H groups in total. The van der Waals surface area contributed by atoms with Crippen LogP contribution >= 0.6 is 12.2 Å². The fourth-order valence-corrected chi connectivity index (χ4v) is 3.29. The van der Waals surface area contributed by atoms with Crippen molar-refractivity contribution in [3.63, 3.8) is 0 Å². The summed E-state index contributed by atoms with van der Waals surface area (Å²) in [4.78, 5) is 5.25. The van der Waals surface area contributed by atoms with Crippen molar-refractivity contribution < 1.29 is 0 Å². The van der Waals surface area contributed by atoms with E-state index in [4.69, 9.17) is 22.9 Å². The Balaban J connectivity index is 1.74. The number of nitrogens with one attached hydrogen (secondary N) is 1. The van der Waals surface area contributed by atoms with Gasteiger partial charge in [0, 0.05) is 12.2 Å². The molecule has 108 valence electrons. The van der Waals surface area contributed by atoms with E-state index in [1.807, 2.05) is 0 Å². The maximum absolute atomic E-state index is 5.87. The fraction of sp³-hybridized carbons (Fsp3) is 0.625. The summed E-state index contributed by atoms with van der Waals surface area (Å²) in [6.07, 6.45) is 10.1. The number of hydrogen-bond donors (Lipinski definition) is 2. The third-order valence-electron chi connectivity index (χ3n) is 4.64. The molecule has 0 spiro atoms. The topological polar surface area (TPSA) is 50.9 Å². The van der Waals surface area contributed by atoms with Crippen molar-refractivity contribution in [1.29, 1.82) is 0 Å². The molecule has 20 heavy (non-hydrogen) atoms. The molecule has 1 fully saturated rings. The number of thiocarbonyl (C=S) groups is 1. The van der Waals surface area contributed by atoms with Crippen LogP contribution in [0.1, 0.15) is 55.3 Å². The van der Waals surface area contributed by atoms with E-state index in [0.717, 1.165) is 36.7 Å². The first-order valence-electron chi connectivity index (χ1n) is 7.80. The van der Waals surface area contributed by atoms with Crippen molar-refractivity contribution in [3.05, 3.63) is 22.9 Å². The summed E-state index contributed by atoms with van der Waals surface area (Å²) in [5.74, 6) is 1.81. The summed E-state index contributed by atoms with van der Waals surface area (Å²) >= 11 is 5.19. The Labute approximate surface area is 126 Å². The van der Waals surface area contributed by atoms with Crippen molar-refractivity contribution >= 4 is 23.0 Å². The van der Waals surface area contributed by atoms with Gasteiger partial charge < -0.3 is 11.1 Å². The maximum Gasteiger partial charge on any atom is 0.136 e. The van der Waals surface area contributed by atoms with Crippen LogP contribution in [-0.2, 0) is 12.8 Å². The van der Waals surface area contributed by atoms with Crippen LogP contribution in [0.25, 0.3) is 0 Å². The Bertz CT molecular complexity index is 509. The second-order valence-corrected chi connectivity index (χ2v) is 6.51. The lowest BCUT2D eigenvalue weighted by Gasteiger charge is -2.25. The zero-order chi connectivity index (χ0) is 13.9. The van der Waals surface area contributed by atoms with Crippen molar-refractivity contribution in [1.82, 2.24) is 4.98 Å². The molecule has 0 aliphatic heterocycles. The molecule has 1 saturated carbocycles. The summed E-state index contributed by atoms with van der Waals surface area (Å²) in [6.45, 7) is 0.978. The molecule has 0 unspecified atom stereocenters. The minimum Gasteiger partial charge on any atom is -0.389 e. The molecular weight excluding hydrogens is 266 g/mol. The summed E-state index contributed by atoms with van der Waals surface area (Å²) < 4.78 is 0. The Morgan fingerprint density at radius 1 is 1.30 bits per heavy atom. The molecule has 1 heterocycles. The van der Waals surface area contributed by atoms with Crippen LogP contribution in [0, 0.1) is 5.92 Å². The van der Waals surface area contributed by atoms with Crippen molar-refractivity contribution in [2.75, 3.05) is 11.9 Å². The van der Waals surface area contributed by atoms with E-state index in [9.17, 15) is 0 Å². The molecule has 1 aromatic heterocycles. The lowest BCUT2D eigenvalue weighted by molar-refractivity contribution is 0.303. The van der Waals surface area contributed by atoms with E-state index in [-0.39, 0.29) is 0 Å². The first-order valence-corrected chi connectivity index (χ1v) is 8.21. The van der Waals surface area contributed by atoms with Gasteiger partial charge >= 0.3 is 0 Å². The van der Waals surface area contributed by atoms with Crippen LogP contribution in [0.15, 0.2) is 6.07 Å². The average molecular weight is 289 g/mol. The van der Waals surface area contributed by atoms with Crippen LogP contribution in [0.4, 0.5) is 5.82 Å². The minimum atomic E-state index is 0.456. The van der Waals surface area contributed by atoms with Gasteiger partial charge in [-0.1, -0.05) is 31.5 Å². The number of nitrogens with zero attached hydrogens (tertiary/aromatic N) is 1. The molecule has 3 nitrogen and oxygen atoms in total. The number of aromatic nitrogens is 1. The van der Waals surface area contributed by atoms with Gasteiger partial charge in [-0.05, 0) is 49.7 Å². The molecule has 2 aliphatic carbocycles. The number of anilines is 1. The minimum absolute atomic E-state index is 0.456. The van der Waals surface area contributed by atoms with E-state index in [0.29, 0.717) is 4.99 Å². The largest absolute Gasteiger partial charge is 0.389 e. The number of pyridine rings is 1. The smallest absolute Gasteiger partial charge is 0.136 e. The Morgan fingerprint density at radius 2 is 2.10 bits per heavy atom. The second-order valence-electron chi connectivity index (χ2n) is 6.07. The van der Waals surface area contributed by atoms with Crippen molar-refractivity contribution in [2.45, 2.75) is 51.4 Å². The van der Waals surface area contributed by atoms with Gasteiger partial charge in [-0.2, -0.15) is 0 Å². The summed E-state index contributed by atoms with van der Waals surface area (Å²) in [7, 11) is 0. The highest BCUT2D eigenvalue weighted by molar-refractivity contribution is 7.80. The van der Waals surface area contributed by atoms with Crippen LogP contribution < -0.4 is 11.1 Å². The van der Waals surface area contributed by atoms with Gasteiger partial charge in [0.2, 0.25) is 0 Å². The van der Waals surface area contributed by atoms with Crippen LogP contribution in [0.3, 0.4) is 0 Å². The Hall–Kier alpha value is -1.16. The molecule has 3 rings (SSSR count). The van der Waals surface area contributed by atoms with Gasteiger partial charge in [-0.15, -0.1) is 0 Å². The molecule has 4 heteroatoms. The second kappa shape index (κ2) is 6.08. The first kappa shape index (κ1) is 13.8. The molecule has 0 saturated heterocycles. The predicted octanol–water partition coefficient (Wildman–Crippen LogP) is 3.20. The Kier molecular flexibility index (Phi) is 4.20. The van der Waals surface area contributed by atoms with E-state index < -0.39 is 0 Å². The summed E-state index contributed by atoms with van der Waals surface area (Å²) in [5, 5.41) is 3.47. The zero-order valence-electron chi connectivity index (χ0n) is 12.0. The molecular formula is C16H23N3S. The van der Waals surface area contributed by atoms with Gasteiger partial charge in [0.05, 0.1) is 5.56 Å². The number of aryl methyl sites for hydroxylation is 2. The van der Waals surface area contributed by atoms with E-state index in [1.54, 1.807) is 0 Å². The third kappa shape index (κ3) is 2.95. The quantitative estimate of drug-likeness (QED) is 0.817. The van der Waals surface area contributed by atoms with Gasteiger partial charge in [0.1, 0.15) is 10.8 Å². The monoisotopic (exact) mass is 289 g/mol. The van der Waals surface area contributed by atoms with Crippen LogP contribution in [0.2, 0.25) is 0 Å². The van der Waals surface area contributed by atoms with Crippen LogP contribution in [-0.4, -0.2) is 16.5 Å². The molecule has 0 amide bonds. The summed E-state index contributed by atoms with van der Waals surface area (Å²) in [6, 6.07) is 2.16. The standard InChI is InChI=1S/C16H23N3S/c17-15(20)13-10-12-6-1-2-7-14(12)19-16(13)18-9-8-11-4-3-5-11/h10-11H,1-9H2,(H2,17,20)(H,18,19). The highest BCUT2D eigenvalue weighted by Crippen LogP contribution is 2.29. The third-order valence-corrected chi connectivity index (χ3v) is 4.86. The molecule has 1 aromatic rings. The maximum atomic E-state index is 5.87. The lowest BCUT2D eigenvalue weighted by Crippen LogP contribution is -2.20. The van der Waals surface area contributed by atoms with E-state index >= 15 is 0 Å². The average Bonchev–Trinajstić information content (AvgIpc) is 2.40. The van der Waals surface area contributed by atoms with Gasteiger partial charge in [-0.25, -0.2) is 4.98 Å². The van der Waals surface area contributed by atoms with Gasteiger partial charge in [0.15, 0.2) is 0 Å². The summed E-state index contributed by atoms with van der Waals surface area (Å²) in [5.41, 5.74) is 9.37. The molecule has 2 aliphatic rings. The number of hydrogen-bond acceptors (Lipinski definition) is 3. The number of fused-ring (bicyclic) bond motifs is 1. The van der Waals surface area contributed by atoms with Crippen LogP contribution in [0.5, 0.6) is 0 Å². The normalized spacial score (nSPS) is 18.2. The number of nitrogens with two attached hydrogens (primary N) is 1. The lowest BCUT2D eigenvalue weighted by atomic mass is 9.83. The predicted molar refractivity (Wildman–Crippen MR) is 87.2 cm³/mol. The van der Waals surface area contributed by atoms with E-state index in [1.165, 1.54) is 49.8 Å². The molecule has 0 radical (unpaired) electrons. The highest BCUT2D eigenvalue weighted by atomic mass is 32.1. The van der Waals surface area contributed by atoms with Gasteiger partial charge in [0.25, 0.3) is 0 Å². The van der Waals surface area contributed by atoms with Crippen molar-refractivity contribution in [2.24, 2.45) is 11.7 Å². The van der Waals surface area contributed by atoms with E-state index in [2.05, 4.69) is 11.4 Å². The number of rotatable bonds is 5. The highest BCUT2D eigenvalue weighted by Gasteiger charge is 2.18. The Morgan fingerprint density at radius 3 is 2.80 bits per heavy atom. The molecule has 0 bridgehead atoms. The van der Waals surface area contributed by atoms with Crippen molar-refractivity contribution in [3.8, 4) is 0 Å².